The first-order valence-corrected chi connectivity index (χ1v) is 7.07. The molecule has 0 bridgehead atoms. The third-order valence-corrected chi connectivity index (χ3v) is 3.64. The van der Waals surface area contributed by atoms with Gasteiger partial charge in [-0.1, -0.05) is 46.3 Å². The molecule has 0 unspecified atom stereocenters. The van der Waals surface area contributed by atoms with Crippen LogP contribution in [0.1, 0.15) is 15.9 Å². The van der Waals surface area contributed by atoms with E-state index in [-0.39, 0.29) is 5.78 Å². The highest BCUT2D eigenvalue weighted by molar-refractivity contribution is 9.10. The van der Waals surface area contributed by atoms with Gasteiger partial charge in [-0.3, -0.25) is 4.79 Å². The average molecular weight is 326 g/mol. The average Bonchev–Trinajstić information content (AvgIpc) is 2.88. The Balaban J connectivity index is 1.89. The number of carbonyl (C=O) groups is 1. The van der Waals surface area contributed by atoms with Crippen LogP contribution >= 0.6 is 15.9 Å². The lowest BCUT2D eigenvalue weighted by molar-refractivity contribution is 0.104. The molecule has 3 aromatic rings. The van der Waals surface area contributed by atoms with Crippen LogP contribution in [-0.4, -0.2) is 10.8 Å². The molecule has 1 heterocycles. The highest BCUT2D eigenvalue weighted by Crippen LogP contribution is 2.19. The molecule has 3 heteroatoms. The van der Waals surface area contributed by atoms with Crippen LogP contribution in [0.4, 0.5) is 0 Å². The van der Waals surface area contributed by atoms with E-state index in [0.717, 1.165) is 20.9 Å². The van der Waals surface area contributed by atoms with Gasteiger partial charge in [0, 0.05) is 27.1 Å². The molecule has 98 valence electrons. The maximum absolute atomic E-state index is 12.1. The fraction of sp³-hybridized carbons (Fsp3) is 0. The van der Waals surface area contributed by atoms with Crippen LogP contribution in [0.5, 0.6) is 0 Å². The second-order valence-electron chi connectivity index (χ2n) is 4.50. The number of para-hydroxylation sites is 1. The Kier molecular flexibility index (Phi) is 3.52. The summed E-state index contributed by atoms with van der Waals surface area (Å²) in [5.41, 5.74) is 2.77. The van der Waals surface area contributed by atoms with Gasteiger partial charge in [-0.05, 0) is 35.9 Å². The summed E-state index contributed by atoms with van der Waals surface area (Å²) in [6.07, 6.45) is 5.37. The quantitative estimate of drug-likeness (QED) is 0.543. The van der Waals surface area contributed by atoms with Gasteiger partial charge in [0.05, 0.1) is 0 Å². The zero-order chi connectivity index (χ0) is 13.9. The van der Waals surface area contributed by atoms with Crippen molar-refractivity contribution in [2.75, 3.05) is 0 Å². The molecule has 0 saturated heterocycles. The van der Waals surface area contributed by atoms with E-state index in [0.29, 0.717) is 5.56 Å². The number of rotatable bonds is 3. The molecule has 2 aromatic carbocycles. The van der Waals surface area contributed by atoms with Crippen molar-refractivity contribution in [3.8, 4) is 0 Å². The molecule has 0 aliphatic carbocycles. The van der Waals surface area contributed by atoms with E-state index >= 15 is 0 Å². The lowest BCUT2D eigenvalue weighted by atomic mass is 10.1. The summed E-state index contributed by atoms with van der Waals surface area (Å²) in [4.78, 5) is 15.3. The number of hydrogen-bond donors (Lipinski definition) is 1. The van der Waals surface area contributed by atoms with Crippen LogP contribution in [0.3, 0.4) is 0 Å². The zero-order valence-corrected chi connectivity index (χ0v) is 12.2. The van der Waals surface area contributed by atoms with Crippen molar-refractivity contribution in [2.45, 2.75) is 0 Å². The predicted octanol–water partition coefficient (Wildman–Crippen LogP) is 4.83. The predicted molar refractivity (Wildman–Crippen MR) is 85.8 cm³/mol. The monoisotopic (exact) mass is 325 g/mol. The van der Waals surface area contributed by atoms with Crippen LogP contribution in [-0.2, 0) is 0 Å². The van der Waals surface area contributed by atoms with Crippen LogP contribution < -0.4 is 0 Å². The number of benzene rings is 2. The summed E-state index contributed by atoms with van der Waals surface area (Å²) < 4.78 is 0.906. The number of fused-ring (bicyclic) bond motifs is 1. The topological polar surface area (TPSA) is 32.9 Å². The van der Waals surface area contributed by atoms with Gasteiger partial charge in [-0.25, -0.2) is 0 Å². The Morgan fingerprint density at radius 2 is 1.95 bits per heavy atom. The molecule has 20 heavy (non-hydrogen) atoms. The van der Waals surface area contributed by atoms with Crippen LogP contribution in [0.25, 0.3) is 17.0 Å². The van der Waals surface area contributed by atoms with Crippen molar-refractivity contribution in [3.05, 3.63) is 76.4 Å². The molecule has 0 aliphatic rings. The molecule has 3 rings (SSSR count). The maximum Gasteiger partial charge on any atom is 0.185 e. The van der Waals surface area contributed by atoms with E-state index < -0.39 is 0 Å². The molecule has 1 aromatic heterocycles. The van der Waals surface area contributed by atoms with Crippen molar-refractivity contribution in [3.63, 3.8) is 0 Å². The zero-order valence-electron chi connectivity index (χ0n) is 10.6. The molecule has 0 amide bonds. The molecule has 1 N–H and O–H groups in total. The number of carbonyl (C=O) groups excluding carboxylic acids is 1. The number of halogens is 1. The first-order chi connectivity index (χ1) is 9.74. The highest BCUT2D eigenvalue weighted by atomic mass is 79.9. The second-order valence-corrected chi connectivity index (χ2v) is 5.41. The van der Waals surface area contributed by atoms with Crippen molar-refractivity contribution < 1.29 is 4.79 Å². The van der Waals surface area contributed by atoms with E-state index in [2.05, 4.69) is 20.9 Å². The van der Waals surface area contributed by atoms with Crippen molar-refractivity contribution in [1.82, 2.24) is 4.98 Å². The third kappa shape index (κ3) is 2.58. The fourth-order valence-electron chi connectivity index (χ4n) is 2.14. The minimum atomic E-state index is -0.00317. The van der Waals surface area contributed by atoms with E-state index in [4.69, 9.17) is 0 Å². The smallest absolute Gasteiger partial charge is 0.185 e. The van der Waals surface area contributed by atoms with E-state index in [1.54, 1.807) is 6.08 Å². The second kappa shape index (κ2) is 5.47. The summed E-state index contributed by atoms with van der Waals surface area (Å²) in [5.74, 6) is -0.00317. The Hall–Kier alpha value is -2.13. The molecular weight excluding hydrogens is 314 g/mol. The van der Waals surface area contributed by atoms with Gasteiger partial charge in [0.2, 0.25) is 0 Å². The van der Waals surface area contributed by atoms with Gasteiger partial charge < -0.3 is 4.98 Å². The molecule has 0 radical (unpaired) electrons. The maximum atomic E-state index is 12.1. The van der Waals surface area contributed by atoms with Crippen molar-refractivity contribution >= 4 is 38.7 Å². The number of nitrogens with one attached hydrogen (secondary N) is 1. The summed E-state index contributed by atoms with van der Waals surface area (Å²) in [7, 11) is 0. The first kappa shape index (κ1) is 12.9. The largest absolute Gasteiger partial charge is 0.361 e. The van der Waals surface area contributed by atoms with Gasteiger partial charge >= 0.3 is 0 Å². The normalized spacial score (nSPS) is 11.2. The Morgan fingerprint density at radius 1 is 1.10 bits per heavy atom. The van der Waals surface area contributed by atoms with Gasteiger partial charge in [0.25, 0.3) is 0 Å². The molecule has 0 atom stereocenters. The van der Waals surface area contributed by atoms with E-state index in [1.165, 1.54) is 0 Å². The van der Waals surface area contributed by atoms with E-state index in [1.807, 2.05) is 60.8 Å². The van der Waals surface area contributed by atoms with Gasteiger partial charge in [-0.15, -0.1) is 0 Å². The number of H-pyrrole nitrogens is 1. The molecular formula is C17H12BrNO. The Morgan fingerprint density at radius 3 is 2.80 bits per heavy atom. The molecule has 0 spiro atoms. The van der Waals surface area contributed by atoms with Gasteiger partial charge in [0.1, 0.15) is 0 Å². The highest BCUT2D eigenvalue weighted by Gasteiger charge is 2.03. The summed E-state index contributed by atoms with van der Waals surface area (Å²) >= 11 is 3.37. The standard InChI is InChI=1S/C17H12BrNO/c18-14-5-3-4-12(10-14)17(20)9-8-13-11-19-16-7-2-1-6-15(13)16/h1-11,19H/b9-8+. The molecule has 0 aliphatic heterocycles. The van der Waals surface area contributed by atoms with E-state index in [9.17, 15) is 4.79 Å². The number of allylic oxidation sites excluding steroid dienone is 1. The number of aromatic nitrogens is 1. The lowest BCUT2D eigenvalue weighted by Gasteiger charge is -1.96. The number of hydrogen-bond acceptors (Lipinski definition) is 1. The third-order valence-electron chi connectivity index (χ3n) is 3.14. The summed E-state index contributed by atoms with van der Waals surface area (Å²) in [5, 5.41) is 1.12. The summed E-state index contributed by atoms with van der Waals surface area (Å²) in [6.45, 7) is 0. The number of ketones is 1. The minimum Gasteiger partial charge on any atom is -0.361 e. The van der Waals surface area contributed by atoms with Crippen LogP contribution in [0.15, 0.2) is 65.3 Å². The molecule has 0 saturated carbocycles. The van der Waals surface area contributed by atoms with Crippen molar-refractivity contribution in [1.29, 1.82) is 0 Å². The Bertz CT molecular complexity index is 801. The van der Waals surface area contributed by atoms with Gasteiger partial charge in [-0.2, -0.15) is 0 Å². The van der Waals surface area contributed by atoms with Crippen molar-refractivity contribution in [2.24, 2.45) is 0 Å². The van der Waals surface area contributed by atoms with Crippen LogP contribution in [0, 0.1) is 0 Å². The Labute approximate surface area is 125 Å². The fourth-order valence-corrected chi connectivity index (χ4v) is 2.53. The summed E-state index contributed by atoms with van der Waals surface area (Å²) in [6, 6.07) is 15.4. The SMILES string of the molecule is O=C(/C=C/c1c[nH]c2ccccc12)c1cccc(Br)c1. The van der Waals surface area contributed by atoms with Crippen LogP contribution in [0.2, 0.25) is 0 Å². The number of aromatic amines is 1. The molecule has 2 nitrogen and oxygen atoms in total. The molecule has 0 fully saturated rings. The lowest BCUT2D eigenvalue weighted by Crippen LogP contribution is -1.93. The first-order valence-electron chi connectivity index (χ1n) is 6.28. The van der Waals surface area contributed by atoms with Gasteiger partial charge in [0.15, 0.2) is 5.78 Å². The minimum absolute atomic E-state index is 0.00317.